The van der Waals surface area contributed by atoms with Gasteiger partial charge in [0.25, 0.3) is 0 Å². The minimum Gasteiger partial charge on any atom is -0.192 e. The Morgan fingerprint density at radius 3 is 2.93 bits per heavy atom. The maximum atomic E-state index is 8.79. The van der Waals surface area contributed by atoms with Gasteiger partial charge >= 0.3 is 0 Å². The third-order valence-electron chi connectivity index (χ3n) is 2.29. The first-order chi connectivity index (χ1) is 6.76. The molecule has 68 valence electrons. The van der Waals surface area contributed by atoms with Gasteiger partial charge in [0, 0.05) is 9.58 Å². The molecule has 0 aliphatic heterocycles. The Kier molecular flexibility index (Phi) is 2.11. The molecule has 0 spiro atoms. The molecule has 1 nitrogen and oxygen atoms in total. The van der Waals surface area contributed by atoms with Crippen LogP contribution >= 0.6 is 11.3 Å². The zero-order chi connectivity index (χ0) is 10.1. The summed E-state index contributed by atoms with van der Waals surface area (Å²) < 4.78 is 1.22. The molecule has 0 N–H and O–H groups in total. The summed E-state index contributed by atoms with van der Waals surface area (Å²) in [5, 5.41) is 9.96. The Hall–Kier alpha value is -1.59. The summed E-state index contributed by atoms with van der Waals surface area (Å²) in [5.41, 5.74) is 1.94. The lowest BCUT2D eigenvalue weighted by Crippen LogP contribution is -1.74. The van der Waals surface area contributed by atoms with Gasteiger partial charge in [-0.05, 0) is 36.1 Å². The van der Waals surface area contributed by atoms with Crippen molar-refractivity contribution in [2.45, 2.75) is 6.92 Å². The predicted octanol–water partition coefficient (Wildman–Crippen LogP) is 3.72. The van der Waals surface area contributed by atoms with Gasteiger partial charge in [0.1, 0.15) is 0 Å². The number of hydrogen-bond donors (Lipinski definition) is 0. The Bertz CT molecular complexity index is 543. The molecule has 2 heteroatoms. The van der Waals surface area contributed by atoms with E-state index in [2.05, 4.69) is 19.6 Å². The first-order valence-electron chi connectivity index (χ1n) is 4.32. The second-order valence-corrected chi connectivity index (χ2v) is 4.20. The maximum absolute atomic E-state index is 8.79. The number of aryl methyl sites for hydroxylation is 1. The molecular weight excluding hydrogens is 190 g/mol. The van der Waals surface area contributed by atoms with Crippen LogP contribution in [0.15, 0.2) is 24.8 Å². The van der Waals surface area contributed by atoms with E-state index < -0.39 is 0 Å². The topological polar surface area (TPSA) is 23.8 Å². The van der Waals surface area contributed by atoms with Crippen LogP contribution in [0.3, 0.4) is 0 Å². The minimum atomic E-state index is 0.717. The lowest BCUT2D eigenvalue weighted by atomic mass is 10.1. The van der Waals surface area contributed by atoms with E-state index in [1.165, 1.54) is 20.5 Å². The van der Waals surface area contributed by atoms with Crippen LogP contribution in [0.4, 0.5) is 0 Å². The van der Waals surface area contributed by atoms with Gasteiger partial charge in [-0.3, -0.25) is 0 Å². The monoisotopic (exact) mass is 199 g/mol. The van der Waals surface area contributed by atoms with E-state index in [0.717, 1.165) is 0 Å². The Labute approximate surface area is 86.9 Å². The van der Waals surface area contributed by atoms with Crippen molar-refractivity contribution in [3.05, 3.63) is 40.8 Å². The Morgan fingerprint density at radius 2 is 2.29 bits per heavy atom. The van der Waals surface area contributed by atoms with E-state index in [4.69, 9.17) is 5.26 Å². The van der Waals surface area contributed by atoms with Gasteiger partial charge in [-0.2, -0.15) is 5.26 Å². The van der Waals surface area contributed by atoms with E-state index in [0.29, 0.717) is 5.56 Å². The molecule has 1 aromatic carbocycles. The normalized spacial score (nSPS) is 10.0. The molecule has 14 heavy (non-hydrogen) atoms. The van der Waals surface area contributed by atoms with E-state index in [9.17, 15) is 0 Å². The fraction of sp³-hybridized carbons (Fsp3) is 0.0833. The summed E-state index contributed by atoms with van der Waals surface area (Å²) in [6.45, 7) is 5.84. The summed E-state index contributed by atoms with van der Waals surface area (Å²) >= 11 is 1.72. The van der Waals surface area contributed by atoms with Gasteiger partial charge in [-0.1, -0.05) is 12.7 Å². The average Bonchev–Trinajstić information content (AvgIpc) is 2.55. The van der Waals surface area contributed by atoms with Gasteiger partial charge in [-0.15, -0.1) is 11.3 Å². The SMILES string of the molecule is C=Cc1sc2ccc(C#N)cc2c1C. The minimum absolute atomic E-state index is 0.717. The van der Waals surface area contributed by atoms with Gasteiger partial charge in [0.2, 0.25) is 0 Å². The van der Waals surface area contributed by atoms with Crippen molar-refractivity contribution in [1.82, 2.24) is 0 Å². The highest BCUT2D eigenvalue weighted by molar-refractivity contribution is 7.20. The lowest BCUT2D eigenvalue weighted by molar-refractivity contribution is 1.49. The van der Waals surface area contributed by atoms with Crippen LogP contribution in [0, 0.1) is 18.3 Å². The highest BCUT2D eigenvalue weighted by Gasteiger charge is 2.05. The highest BCUT2D eigenvalue weighted by atomic mass is 32.1. The second kappa shape index (κ2) is 3.28. The van der Waals surface area contributed by atoms with Crippen molar-refractivity contribution in [2.75, 3.05) is 0 Å². The Morgan fingerprint density at radius 1 is 1.50 bits per heavy atom. The van der Waals surface area contributed by atoms with Crippen molar-refractivity contribution < 1.29 is 0 Å². The van der Waals surface area contributed by atoms with E-state index >= 15 is 0 Å². The van der Waals surface area contributed by atoms with E-state index in [1.54, 1.807) is 11.3 Å². The van der Waals surface area contributed by atoms with Crippen LogP contribution in [0.2, 0.25) is 0 Å². The molecule has 2 aromatic rings. The molecule has 0 saturated heterocycles. The molecular formula is C12H9NS. The number of rotatable bonds is 1. The molecule has 0 unspecified atom stereocenters. The Balaban J connectivity index is 2.82. The summed E-state index contributed by atoms with van der Waals surface area (Å²) in [5.74, 6) is 0. The summed E-state index contributed by atoms with van der Waals surface area (Å²) in [6.07, 6.45) is 1.87. The largest absolute Gasteiger partial charge is 0.192 e. The van der Waals surface area contributed by atoms with Crippen LogP contribution in [0.25, 0.3) is 16.2 Å². The van der Waals surface area contributed by atoms with E-state index in [1.807, 2.05) is 24.3 Å². The molecule has 0 aliphatic rings. The van der Waals surface area contributed by atoms with Crippen molar-refractivity contribution in [1.29, 1.82) is 5.26 Å². The number of hydrogen-bond acceptors (Lipinski definition) is 2. The molecule has 0 bridgehead atoms. The maximum Gasteiger partial charge on any atom is 0.0991 e. The molecule has 1 aromatic heterocycles. The quantitative estimate of drug-likeness (QED) is 0.686. The van der Waals surface area contributed by atoms with Crippen molar-refractivity contribution in [2.24, 2.45) is 0 Å². The molecule has 0 saturated carbocycles. The molecule has 2 rings (SSSR count). The predicted molar refractivity (Wildman–Crippen MR) is 61.4 cm³/mol. The molecule has 0 atom stereocenters. The lowest BCUT2D eigenvalue weighted by Gasteiger charge is -1.92. The summed E-state index contributed by atoms with van der Waals surface area (Å²) in [7, 11) is 0. The zero-order valence-electron chi connectivity index (χ0n) is 7.87. The first kappa shape index (κ1) is 8.98. The second-order valence-electron chi connectivity index (χ2n) is 3.12. The smallest absolute Gasteiger partial charge is 0.0991 e. The summed E-state index contributed by atoms with van der Waals surface area (Å²) in [6, 6.07) is 7.94. The third-order valence-corrected chi connectivity index (χ3v) is 3.56. The fourth-order valence-corrected chi connectivity index (χ4v) is 2.55. The van der Waals surface area contributed by atoms with Crippen molar-refractivity contribution in [3.8, 4) is 6.07 Å². The van der Waals surface area contributed by atoms with Gasteiger partial charge < -0.3 is 0 Å². The number of fused-ring (bicyclic) bond motifs is 1. The zero-order valence-corrected chi connectivity index (χ0v) is 8.69. The van der Waals surface area contributed by atoms with Crippen LogP contribution in [0.1, 0.15) is 16.0 Å². The number of nitriles is 1. The number of benzene rings is 1. The van der Waals surface area contributed by atoms with E-state index in [-0.39, 0.29) is 0 Å². The van der Waals surface area contributed by atoms with Crippen LogP contribution in [0.5, 0.6) is 0 Å². The van der Waals surface area contributed by atoms with Crippen LogP contribution in [-0.4, -0.2) is 0 Å². The van der Waals surface area contributed by atoms with Crippen LogP contribution in [-0.2, 0) is 0 Å². The molecule has 0 radical (unpaired) electrons. The summed E-state index contributed by atoms with van der Waals surface area (Å²) in [4.78, 5) is 1.19. The highest BCUT2D eigenvalue weighted by Crippen LogP contribution is 2.31. The van der Waals surface area contributed by atoms with Gasteiger partial charge in [0.15, 0.2) is 0 Å². The molecule has 0 fully saturated rings. The molecule has 0 aliphatic carbocycles. The number of nitrogens with zero attached hydrogens (tertiary/aromatic N) is 1. The van der Waals surface area contributed by atoms with Crippen LogP contribution < -0.4 is 0 Å². The molecule has 0 amide bonds. The van der Waals surface area contributed by atoms with Gasteiger partial charge in [-0.25, -0.2) is 0 Å². The number of thiophene rings is 1. The standard InChI is InChI=1S/C12H9NS/c1-3-11-8(2)10-6-9(7-13)4-5-12(10)14-11/h3-6H,1H2,2H3. The van der Waals surface area contributed by atoms with Crippen molar-refractivity contribution >= 4 is 27.5 Å². The average molecular weight is 199 g/mol. The van der Waals surface area contributed by atoms with Gasteiger partial charge in [0.05, 0.1) is 11.6 Å². The fourth-order valence-electron chi connectivity index (χ4n) is 1.50. The first-order valence-corrected chi connectivity index (χ1v) is 5.13. The molecule has 1 heterocycles. The van der Waals surface area contributed by atoms with Crippen molar-refractivity contribution in [3.63, 3.8) is 0 Å². The third kappa shape index (κ3) is 1.23.